The molecule has 0 saturated heterocycles. The van der Waals surface area contributed by atoms with E-state index >= 15 is 0 Å². The Balaban J connectivity index is 0.00000128. The van der Waals surface area contributed by atoms with Crippen LogP contribution in [0.25, 0.3) is 10.8 Å². The van der Waals surface area contributed by atoms with Gasteiger partial charge in [-0.2, -0.15) is 0 Å². The molecule has 0 radical (unpaired) electrons. The first-order valence-electron chi connectivity index (χ1n) is 4.82. The maximum absolute atomic E-state index is 5.49. The zero-order valence-corrected chi connectivity index (χ0v) is 11.1. The van der Waals surface area contributed by atoms with Crippen LogP contribution in [0.3, 0.4) is 0 Å². The molecule has 0 unspecified atom stereocenters. The maximum atomic E-state index is 5.49. The molecule has 0 aliphatic rings. The van der Waals surface area contributed by atoms with Crippen molar-refractivity contribution < 1.29 is 4.74 Å². The highest BCUT2D eigenvalue weighted by molar-refractivity contribution is 9.10. The summed E-state index contributed by atoms with van der Waals surface area (Å²) >= 11 is 3.53. The normalized spacial score (nSPS) is 9.88. The average molecular weight is 303 g/mol. The van der Waals surface area contributed by atoms with Crippen LogP contribution >= 0.6 is 28.3 Å². The van der Waals surface area contributed by atoms with Crippen molar-refractivity contribution in [1.82, 2.24) is 0 Å². The Bertz CT molecular complexity index is 476. The van der Waals surface area contributed by atoms with Crippen molar-refractivity contribution in [3.8, 4) is 5.75 Å². The van der Waals surface area contributed by atoms with Crippen molar-refractivity contribution in [1.29, 1.82) is 0 Å². The van der Waals surface area contributed by atoms with Gasteiger partial charge in [0.25, 0.3) is 0 Å². The Kier molecular flexibility index (Phi) is 5.06. The van der Waals surface area contributed by atoms with E-state index < -0.39 is 0 Å². The number of nitrogens with two attached hydrogens (primary N) is 1. The summed E-state index contributed by atoms with van der Waals surface area (Å²) in [4.78, 5) is 0. The Morgan fingerprint density at radius 2 is 1.94 bits per heavy atom. The van der Waals surface area contributed by atoms with Crippen LogP contribution in [0.4, 0.5) is 0 Å². The summed E-state index contributed by atoms with van der Waals surface area (Å²) in [6.07, 6.45) is 0. The summed E-state index contributed by atoms with van der Waals surface area (Å²) in [5.41, 5.74) is 5.39. The summed E-state index contributed by atoms with van der Waals surface area (Å²) in [6, 6.07) is 12.2. The molecule has 0 aliphatic heterocycles. The minimum atomic E-state index is 0. The Morgan fingerprint density at radius 3 is 2.69 bits per heavy atom. The molecule has 2 N–H and O–H groups in total. The lowest BCUT2D eigenvalue weighted by molar-refractivity contribution is 0.328. The van der Waals surface area contributed by atoms with Gasteiger partial charge in [-0.25, -0.2) is 0 Å². The molecular formula is C12H13BrClNO. The molecule has 0 atom stereocenters. The molecule has 0 aliphatic carbocycles. The second-order valence-corrected chi connectivity index (χ2v) is 4.12. The van der Waals surface area contributed by atoms with Crippen molar-refractivity contribution in [2.75, 3.05) is 13.2 Å². The quantitative estimate of drug-likeness (QED) is 0.943. The van der Waals surface area contributed by atoms with Crippen LogP contribution in [0.2, 0.25) is 0 Å². The minimum Gasteiger partial charge on any atom is -0.492 e. The Morgan fingerprint density at radius 1 is 1.19 bits per heavy atom. The lowest BCUT2D eigenvalue weighted by Crippen LogP contribution is -2.10. The Hall–Kier alpha value is -0.770. The molecule has 2 rings (SSSR count). The number of halogens is 2. The van der Waals surface area contributed by atoms with Crippen LogP contribution in [-0.2, 0) is 0 Å². The van der Waals surface area contributed by atoms with E-state index in [1.807, 2.05) is 24.3 Å². The second-order valence-electron chi connectivity index (χ2n) is 3.26. The minimum absolute atomic E-state index is 0. The molecule has 0 amide bonds. The van der Waals surface area contributed by atoms with E-state index in [4.69, 9.17) is 10.5 Å². The van der Waals surface area contributed by atoms with Gasteiger partial charge in [-0.1, -0.05) is 40.2 Å². The maximum Gasteiger partial charge on any atom is 0.121 e. The summed E-state index contributed by atoms with van der Waals surface area (Å²) in [5.74, 6) is 0.853. The third-order valence-electron chi connectivity index (χ3n) is 2.17. The van der Waals surface area contributed by atoms with Crippen LogP contribution in [0.5, 0.6) is 5.75 Å². The molecule has 0 heterocycles. The fourth-order valence-corrected chi connectivity index (χ4v) is 2.08. The molecule has 0 spiro atoms. The van der Waals surface area contributed by atoms with Crippen molar-refractivity contribution in [3.63, 3.8) is 0 Å². The van der Waals surface area contributed by atoms with Gasteiger partial charge in [0.1, 0.15) is 12.4 Å². The SMILES string of the molecule is Cl.NCCOc1cc(Br)c2ccccc2c1. The van der Waals surface area contributed by atoms with E-state index in [0.717, 1.165) is 10.2 Å². The van der Waals surface area contributed by atoms with E-state index in [-0.39, 0.29) is 12.4 Å². The molecule has 0 saturated carbocycles. The van der Waals surface area contributed by atoms with Crippen LogP contribution in [0, 0.1) is 0 Å². The second kappa shape index (κ2) is 6.09. The number of hydrogen-bond donors (Lipinski definition) is 1. The Labute approximate surface area is 109 Å². The van der Waals surface area contributed by atoms with Crippen molar-refractivity contribution in [3.05, 3.63) is 40.9 Å². The van der Waals surface area contributed by atoms with Crippen LogP contribution in [0.1, 0.15) is 0 Å². The fraction of sp³-hybridized carbons (Fsp3) is 0.167. The number of benzene rings is 2. The van der Waals surface area contributed by atoms with Crippen molar-refractivity contribution in [2.24, 2.45) is 5.73 Å². The van der Waals surface area contributed by atoms with Gasteiger partial charge in [0, 0.05) is 11.0 Å². The highest BCUT2D eigenvalue weighted by atomic mass is 79.9. The zero-order chi connectivity index (χ0) is 10.7. The molecular weight excluding hydrogens is 289 g/mol. The van der Waals surface area contributed by atoms with Crippen LogP contribution in [-0.4, -0.2) is 13.2 Å². The van der Waals surface area contributed by atoms with Gasteiger partial charge in [0.05, 0.1) is 0 Å². The number of ether oxygens (including phenoxy) is 1. The first-order chi connectivity index (χ1) is 7.31. The molecule has 0 aromatic heterocycles. The lowest BCUT2D eigenvalue weighted by atomic mass is 10.1. The molecule has 2 nitrogen and oxygen atoms in total. The largest absolute Gasteiger partial charge is 0.492 e. The first kappa shape index (κ1) is 13.3. The van der Waals surface area contributed by atoms with Gasteiger partial charge in [-0.15, -0.1) is 12.4 Å². The van der Waals surface area contributed by atoms with E-state index in [2.05, 4.69) is 28.1 Å². The summed E-state index contributed by atoms with van der Waals surface area (Å²) < 4.78 is 6.54. The molecule has 16 heavy (non-hydrogen) atoms. The average Bonchev–Trinajstić information content (AvgIpc) is 2.26. The van der Waals surface area contributed by atoms with Gasteiger partial charge in [-0.05, 0) is 22.9 Å². The summed E-state index contributed by atoms with van der Waals surface area (Å²) in [5, 5.41) is 2.36. The van der Waals surface area contributed by atoms with E-state index in [1.54, 1.807) is 0 Å². The summed E-state index contributed by atoms with van der Waals surface area (Å²) in [7, 11) is 0. The highest BCUT2D eigenvalue weighted by Gasteiger charge is 2.01. The van der Waals surface area contributed by atoms with Gasteiger partial charge in [0.2, 0.25) is 0 Å². The van der Waals surface area contributed by atoms with Crippen LogP contribution in [0.15, 0.2) is 40.9 Å². The number of rotatable bonds is 3. The number of fused-ring (bicyclic) bond motifs is 1. The topological polar surface area (TPSA) is 35.2 Å². The van der Waals surface area contributed by atoms with Gasteiger partial charge < -0.3 is 10.5 Å². The van der Waals surface area contributed by atoms with Gasteiger partial charge >= 0.3 is 0 Å². The molecule has 0 fully saturated rings. The smallest absolute Gasteiger partial charge is 0.121 e. The third kappa shape index (κ3) is 2.88. The molecule has 2 aromatic carbocycles. The van der Waals surface area contributed by atoms with Gasteiger partial charge in [-0.3, -0.25) is 0 Å². The number of hydrogen-bond acceptors (Lipinski definition) is 2. The monoisotopic (exact) mass is 301 g/mol. The van der Waals surface area contributed by atoms with Gasteiger partial charge in [0.15, 0.2) is 0 Å². The standard InChI is InChI=1S/C12H12BrNO.ClH/c13-12-8-10(15-6-5-14)7-9-3-1-2-4-11(9)12;/h1-4,7-8H,5-6,14H2;1H. The molecule has 2 aromatic rings. The van der Waals surface area contributed by atoms with Crippen LogP contribution < -0.4 is 10.5 Å². The fourth-order valence-electron chi connectivity index (χ4n) is 1.50. The molecule has 0 bridgehead atoms. The first-order valence-corrected chi connectivity index (χ1v) is 5.62. The zero-order valence-electron chi connectivity index (χ0n) is 8.65. The van der Waals surface area contributed by atoms with E-state index in [9.17, 15) is 0 Å². The molecule has 4 heteroatoms. The predicted molar refractivity (Wildman–Crippen MR) is 73.4 cm³/mol. The van der Waals surface area contributed by atoms with E-state index in [1.165, 1.54) is 10.8 Å². The van der Waals surface area contributed by atoms with Crippen molar-refractivity contribution in [2.45, 2.75) is 0 Å². The van der Waals surface area contributed by atoms with E-state index in [0.29, 0.717) is 13.2 Å². The third-order valence-corrected chi connectivity index (χ3v) is 2.83. The van der Waals surface area contributed by atoms with Crippen molar-refractivity contribution >= 4 is 39.1 Å². The predicted octanol–water partition coefficient (Wildman–Crippen LogP) is 3.36. The summed E-state index contributed by atoms with van der Waals surface area (Å²) in [6.45, 7) is 1.08. The lowest BCUT2D eigenvalue weighted by Gasteiger charge is -2.07. The molecule has 86 valence electrons. The highest BCUT2D eigenvalue weighted by Crippen LogP contribution is 2.29.